The Morgan fingerprint density at radius 1 is 1.35 bits per heavy atom. The smallest absolute Gasteiger partial charge is 0.223 e. The highest BCUT2D eigenvalue weighted by Gasteiger charge is 2.28. The first-order chi connectivity index (χ1) is 9.56. The molecule has 0 aromatic carbocycles. The second kappa shape index (κ2) is 5.18. The highest BCUT2D eigenvalue weighted by atomic mass is 32.1. The maximum atomic E-state index is 10.2. The van der Waals surface area contributed by atoms with Crippen LogP contribution >= 0.6 is 11.3 Å². The molecule has 108 valence electrons. The van der Waals surface area contributed by atoms with E-state index in [4.69, 9.17) is 5.73 Å². The van der Waals surface area contributed by atoms with Crippen LogP contribution in [0.2, 0.25) is 0 Å². The lowest BCUT2D eigenvalue weighted by Crippen LogP contribution is -2.44. The van der Waals surface area contributed by atoms with Gasteiger partial charge in [0.25, 0.3) is 0 Å². The zero-order valence-electron chi connectivity index (χ0n) is 11.8. The molecule has 2 aromatic rings. The zero-order valence-corrected chi connectivity index (χ0v) is 12.7. The van der Waals surface area contributed by atoms with Crippen LogP contribution in [0.25, 0.3) is 10.2 Å². The third-order valence-corrected chi connectivity index (χ3v) is 4.98. The molecule has 1 aliphatic rings. The van der Waals surface area contributed by atoms with E-state index in [-0.39, 0.29) is 12.1 Å². The largest absolute Gasteiger partial charge is 0.391 e. The molecule has 1 saturated carbocycles. The standard InChI is InChI=1S/C14H20N4OS/c1-8-7-9-12(16-14(15)17-13(9)20-8)18(2)10-5-3-4-6-11(10)19/h7,10-11,19H,3-6H2,1-2H3,(H2,15,16,17). The molecule has 6 heteroatoms. The number of hydrogen-bond acceptors (Lipinski definition) is 6. The van der Waals surface area contributed by atoms with Crippen molar-refractivity contribution in [2.24, 2.45) is 0 Å². The van der Waals surface area contributed by atoms with Crippen molar-refractivity contribution in [2.45, 2.75) is 44.8 Å². The molecule has 5 nitrogen and oxygen atoms in total. The van der Waals surface area contributed by atoms with Gasteiger partial charge in [0.1, 0.15) is 10.6 Å². The van der Waals surface area contributed by atoms with E-state index in [0.29, 0.717) is 5.95 Å². The first-order valence-electron chi connectivity index (χ1n) is 7.01. The molecule has 2 atom stereocenters. The molecular weight excluding hydrogens is 272 g/mol. The summed E-state index contributed by atoms with van der Waals surface area (Å²) in [6.45, 7) is 2.06. The first kappa shape index (κ1) is 13.6. The number of nitrogens with two attached hydrogens (primary N) is 1. The summed E-state index contributed by atoms with van der Waals surface area (Å²) in [5.41, 5.74) is 5.83. The SMILES string of the molecule is Cc1cc2c(N(C)C3CCCCC3O)nc(N)nc2s1. The fraction of sp³-hybridized carbons (Fsp3) is 0.571. The number of likely N-dealkylation sites (N-methyl/N-ethyl adjacent to an activating group) is 1. The topological polar surface area (TPSA) is 75.3 Å². The molecular formula is C14H20N4OS. The van der Waals surface area contributed by atoms with Gasteiger partial charge in [0.2, 0.25) is 5.95 Å². The Morgan fingerprint density at radius 2 is 2.10 bits per heavy atom. The fourth-order valence-corrected chi connectivity index (χ4v) is 3.89. The molecule has 2 heterocycles. The van der Waals surface area contributed by atoms with E-state index in [9.17, 15) is 5.11 Å². The minimum absolute atomic E-state index is 0.112. The Balaban J connectivity index is 2.03. The lowest BCUT2D eigenvalue weighted by atomic mass is 9.91. The van der Waals surface area contributed by atoms with Crippen LogP contribution in [0.4, 0.5) is 11.8 Å². The molecule has 0 saturated heterocycles. The van der Waals surface area contributed by atoms with Crippen molar-refractivity contribution in [1.82, 2.24) is 9.97 Å². The highest BCUT2D eigenvalue weighted by molar-refractivity contribution is 7.18. The van der Waals surface area contributed by atoms with Gasteiger partial charge in [-0.2, -0.15) is 4.98 Å². The number of rotatable bonds is 2. The van der Waals surface area contributed by atoms with E-state index in [1.165, 1.54) is 4.88 Å². The molecule has 0 amide bonds. The lowest BCUT2D eigenvalue weighted by Gasteiger charge is -2.36. The van der Waals surface area contributed by atoms with Crippen LogP contribution in [0.15, 0.2) is 6.07 Å². The van der Waals surface area contributed by atoms with Crippen molar-refractivity contribution < 1.29 is 5.11 Å². The van der Waals surface area contributed by atoms with Crippen molar-refractivity contribution in [2.75, 3.05) is 17.7 Å². The number of anilines is 2. The average Bonchev–Trinajstić information content (AvgIpc) is 2.77. The Labute approximate surface area is 122 Å². The molecule has 0 spiro atoms. The summed E-state index contributed by atoms with van der Waals surface area (Å²) in [6, 6.07) is 2.21. The number of hydrogen-bond donors (Lipinski definition) is 2. The highest BCUT2D eigenvalue weighted by Crippen LogP contribution is 2.33. The van der Waals surface area contributed by atoms with E-state index in [0.717, 1.165) is 41.7 Å². The third kappa shape index (κ3) is 2.33. The number of aliphatic hydroxyl groups is 1. The van der Waals surface area contributed by atoms with Crippen LogP contribution in [0, 0.1) is 6.92 Å². The molecule has 2 unspecified atom stereocenters. The summed E-state index contributed by atoms with van der Waals surface area (Å²) >= 11 is 1.63. The number of aryl methyl sites for hydroxylation is 1. The van der Waals surface area contributed by atoms with Gasteiger partial charge in [0.15, 0.2) is 0 Å². The van der Waals surface area contributed by atoms with Gasteiger partial charge < -0.3 is 15.7 Å². The molecule has 0 bridgehead atoms. The normalized spacial score (nSPS) is 23.1. The van der Waals surface area contributed by atoms with E-state index in [2.05, 4.69) is 27.9 Å². The van der Waals surface area contributed by atoms with Gasteiger partial charge in [-0.3, -0.25) is 0 Å². The lowest BCUT2D eigenvalue weighted by molar-refractivity contribution is 0.106. The van der Waals surface area contributed by atoms with Crippen molar-refractivity contribution in [3.8, 4) is 0 Å². The third-order valence-electron chi connectivity index (χ3n) is 4.04. The summed E-state index contributed by atoms with van der Waals surface area (Å²) in [7, 11) is 1.99. The van der Waals surface area contributed by atoms with Gasteiger partial charge in [-0.15, -0.1) is 11.3 Å². The summed E-state index contributed by atoms with van der Waals surface area (Å²) in [6.07, 6.45) is 3.82. The van der Waals surface area contributed by atoms with Crippen LogP contribution in [-0.4, -0.2) is 34.3 Å². The number of aliphatic hydroxyl groups excluding tert-OH is 1. The van der Waals surface area contributed by atoms with Crippen LogP contribution < -0.4 is 10.6 Å². The van der Waals surface area contributed by atoms with Crippen molar-refractivity contribution >= 4 is 33.3 Å². The maximum Gasteiger partial charge on any atom is 0.223 e. The van der Waals surface area contributed by atoms with Gasteiger partial charge in [-0.25, -0.2) is 4.98 Å². The van der Waals surface area contributed by atoms with Crippen LogP contribution in [0.3, 0.4) is 0 Å². The van der Waals surface area contributed by atoms with E-state index in [1.54, 1.807) is 11.3 Å². The monoisotopic (exact) mass is 292 g/mol. The van der Waals surface area contributed by atoms with Crippen molar-refractivity contribution in [1.29, 1.82) is 0 Å². The van der Waals surface area contributed by atoms with Gasteiger partial charge in [-0.05, 0) is 25.8 Å². The molecule has 3 N–H and O–H groups in total. The molecule has 0 radical (unpaired) electrons. The van der Waals surface area contributed by atoms with Gasteiger partial charge in [0.05, 0.1) is 17.5 Å². The van der Waals surface area contributed by atoms with Crippen LogP contribution in [0.1, 0.15) is 30.6 Å². The van der Waals surface area contributed by atoms with E-state index >= 15 is 0 Å². The van der Waals surface area contributed by atoms with Crippen LogP contribution in [0.5, 0.6) is 0 Å². The average molecular weight is 292 g/mol. The van der Waals surface area contributed by atoms with Crippen LogP contribution in [-0.2, 0) is 0 Å². The van der Waals surface area contributed by atoms with E-state index < -0.39 is 0 Å². The minimum atomic E-state index is -0.292. The number of nitrogens with zero attached hydrogens (tertiary/aromatic N) is 3. The summed E-state index contributed by atoms with van der Waals surface area (Å²) in [4.78, 5) is 12.9. The summed E-state index contributed by atoms with van der Waals surface area (Å²) in [5.74, 6) is 1.13. The predicted octanol–water partition coefficient (Wildman–Crippen LogP) is 2.32. The van der Waals surface area contributed by atoms with Crippen molar-refractivity contribution in [3.05, 3.63) is 10.9 Å². The van der Waals surface area contributed by atoms with E-state index in [1.807, 2.05) is 7.05 Å². The molecule has 1 aliphatic carbocycles. The second-order valence-corrected chi connectivity index (χ2v) is 6.75. The minimum Gasteiger partial charge on any atom is -0.391 e. The quantitative estimate of drug-likeness (QED) is 0.888. The Bertz CT molecular complexity index is 627. The first-order valence-corrected chi connectivity index (χ1v) is 7.82. The zero-order chi connectivity index (χ0) is 14.3. The maximum absolute atomic E-state index is 10.2. The summed E-state index contributed by atoms with van der Waals surface area (Å²) < 4.78 is 0. The fourth-order valence-electron chi connectivity index (χ4n) is 3.01. The van der Waals surface area contributed by atoms with Crippen molar-refractivity contribution in [3.63, 3.8) is 0 Å². The molecule has 20 heavy (non-hydrogen) atoms. The van der Waals surface area contributed by atoms with Gasteiger partial charge in [-0.1, -0.05) is 12.8 Å². The Kier molecular flexibility index (Phi) is 3.52. The molecule has 2 aromatic heterocycles. The molecule has 1 fully saturated rings. The number of nitrogen functional groups attached to an aromatic ring is 1. The van der Waals surface area contributed by atoms with Gasteiger partial charge in [0, 0.05) is 11.9 Å². The summed E-state index contributed by atoms with van der Waals surface area (Å²) in [5, 5.41) is 11.3. The second-order valence-electron chi connectivity index (χ2n) is 5.51. The van der Waals surface area contributed by atoms with Gasteiger partial charge >= 0.3 is 0 Å². The number of thiophene rings is 1. The Hall–Kier alpha value is -1.40. The molecule has 0 aliphatic heterocycles. The number of fused-ring (bicyclic) bond motifs is 1. The molecule has 3 rings (SSSR count). The predicted molar refractivity (Wildman–Crippen MR) is 83.2 cm³/mol. The Morgan fingerprint density at radius 3 is 2.85 bits per heavy atom. The number of aromatic nitrogens is 2.